The maximum atomic E-state index is 11.7. The molecule has 2 N–H and O–H groups in total. The second-order valence-corrected chi connectivity index (χ2v) is 3.80. The molecule has 5 heteroatoms. The Labute approximate surface area is 96.2 Å². The van der Waals surface area contributed by atoms with Gasteiger partial charge in [-0.2, -0.15) is 5.10 Å². The van der Waals surface area contributed by atoms with Gasteiger partial charge in [0.05, 0.1) is 5.69 Å². The standard InChI is InChI=1S/C11H20N4O/c1-4-5-12-6-7-13-11(16)10-8-9(2)14-15(10)3/h8,12H,4-7H2,1-3H3,(H,13,16). The van der Waals surface area contributed by atoms with Crippen LogP contribution in [0.15, 0.2) is 6.07 Å². The number of hydrogen-bond acceptors (Lipinski definition) is 3. The van der Waals surface area contributed by atoms with E-state index in [0.29, 0.717) is 12.2 Å². The Morgan fingerprint density at radius 2 is 2.19 bits per heavy atom. The van der Waals surface area contributed by atoms with Gasteiger partial charge in [-0.25, -0.2) is 0 Å². The zero-order chi connectivity index (χ0) is 12.0. The number of carbonyl (C=O) groups excluding carboxylic acids is 1. The highest BCUT2D eigenvalue weighted by atomic mass is 16.2. The van der Waals surface area contributed by atoms with E-state index >= 15 is 0 Å². The van der Waals surface area contributed by atoms with E-state index in [1.54, 1.807) is 17.8 Å². The molecule has 0 aromatic carbocycles. The molecular weight excluding hydrogens is 204 g/mol. The first-order valence-electron chi connectivity index (χ1n) is 5.64. The molecule has 1 amide bonds. The summed E-state index contributed by atoms with van der Waals surface area (Å²) in [6.07, 6.45) is 1.11. The molecule has 90 valence electrons. The number of nitrogens with zero attached hydrogens (tertiary/aromatic N) is 2. The van der Waals surface area contributed by atoms with Gasteiger partial charge in [-0.1, -0.05) is 6.92 Å². The summed E-state index contributed by atoms with van der Waals surface area (Å²) in [7, 11) is 1.78. The Hall–Kier alpha value is -1.36. The monoisotopic (exact) mass is 224 g/mol. The van der Waals surface area contributed by atoms with Crippen LogP contribution < -0.4 is 10.6 Å². The maximum Gasteiger partial charge on any atom is 0.269 e. The van der Waals surface area contributed by atoms with Gasteiger partial charge in [0.2, 0.25) is 0 Å². The minimum atomic E-state index is -0.0681. The van der Waals surface area contributed by atoms with E-state index < -0.39 is 0 Å². The van der Waals surface area contributed by atoms with Crippen molar-refractivity contribution in [2.75, 3.05) is 19.6 Å². The van der Waals surface area contributed by atoms with Crippen LogP contribution >= 0.6 is 0 Å². The highest BCUT2D eigenvalue weighted by Crippen LogP contribution is 2.00. The molecule has 0 fully saturated rings. The van der Waals surface area contributed by atoms with Gasteiger partial charge in [-0.3, -0.25) is 9.48 Å². The first-order chi connectivity index (χ1) is 7.65. The molecule has 1 heterocycles. The van der Waals surface area contributed by atoms with Gasteiger partial charge in [0, 0.05) is 20.1 Å². The molecule has 0 aliphatic carbocycles. The van der Waals surface area contributed by atoms with Crippen LogP contribution in [0.3, 0.4) is 0 Å². The average Bonchev–Trinajstić information content (AvgIpc) is 2.57. The lowest BCUT2D eigenvalue weighted by molar-refractivity contribution is 0.0944. The highest BCUT2D eigenvalue weighted by molar-refractivity contribution is 5.92. The quantitative estimate of drug-likeness (QED) is 0.690. The zero-order valence-electron chi connectivity index (χ0n) is 10.2. The smallest absolute Gasteiger partial charge is 0.269 e. The summed E-state index contributed by atoms with van der Waals surface area (Å²) in [5.74, 6) is -0.0681. The minimum absolute atomic E-state index is 0.0681. The lowest BCUT2D eigenvalue weighted by Crippen LogP contribution is -2.33. The van der Waals surface area contributed by atoms with Gasteiger partial charge in [0.15, 0.2) is 0 Å². The van der Waals surface area contributed by atoms with Crippen molar-refractivity contribution in [1.82, 2.24) is 20.4 Å². The van der Waals surface area contributed by atoms with Gasteiger partial charge < -0.3 is 10.6 Å². The van der Waals surface area contributed by atoms with Crippen molar-refractivity contribution in [2.24, 2.45) is 7.05 Å². The Balaban J connectivity index is 2.33. The fourth-order valence-electron chi connectivity index (χ4n) is 1.48. The van der Waals surface area contributed by atoms with Crippen molar-refractivity contribution >= 4 is 5.91 Å². The van der Waals surface area contributed by atoms with Crippen molar-refractivity contribution in [3.8, 4) is 0 Å². The molecule has 0 unspecified atom stereocenters. The average molecular weight is 224 g/mol. The Kier molecular flexibility index (Phi) is 4.98. The van der Waals surface area contributed by atoms with Crippen LogP contribution in [-0.4, -0.2) is 35.3 Å². The topological polar surface area (TPSA) is 58.9 Å². The summed E-state index contributed by atoms with van der Waals surface area (Å²) in [6.45, 7) is 6.42. The Morgan fingerprint density at radius 1 is 1.44 bits per heavy atom. The molecule has 1 aromatic rings. The van der Waals surface area contributed by atoms with Crippen LogP contribution in [0, 0.1) is 6.92 Å². The predicted molar refractivity (Wildman–Crippen MR) is 63.4 cm³/mol. The van der Waals surface area contributed by atoms with E-state index in [1.807, 2.05) is 6.92 Å². The molecule has 1 rings (SSSR count). The number of rotatable bonds is 6. The molecule has 16 heavy (non-hydrogen) atoms. The molecular formula is C11H20N4O. The van der Waals surface area contributed by atoms with Crippen molar-refractivity contribution in [3.63, 3.8) is 0 Å². The van der Waals surface area contributed by atoms with E-state index in [4.69, 9.17) is 0 Å². The predicted octanol–water partition coefficient (Wildman–Crippen LogP) is 0.458. The highest BCUT2D eigenvalue weighted by Gasteiger charge is 2.10. The number of aryl methyl sites for hydroxylation is 2. The molecule has 0 spiro atoms. The summed E-state index contributed by atoms with van der Waals surface area (Å²) >= 11 is 0. The fourth-order valence-corrected chi connectivity index (χ4v) is 1.48. The van der Waals surface area contributed by atoms with Crippen molar-refractivity contribution < 1.29 is 4.79 Å². The van der Waals surface area contributed by atoms with E-state index in [0.717, 1.165) is 25.2 Å². The lowest BCUT2D eigenvalue weighted by atomic mass is 10.3. The van der Waals surface area contributed by atoms with Crippen LogP contribution in [0.4, 0.5) is 0 Å². The number of amides is 1. The fraction of sp³-hybridized carbons (Fsp3) is 0.636. The van der Waals surface area contributed by atoms with E-state index in [9.17, 15) is 4.79 Å². The first kappa shape index (κ1) is 12.7. The summed E-state index contributed by atoms with van der Waals surface area (Å²) < 4.78 is 1.60. The molecule has 0 aliphatic rings. The van der Waals surface area contributed by atoms with Gasteiger partial charge in [0.25, 0.3) is 5.91 Å². The summed E-state index contributed by atoms with van der Waals surface area (Å²) in [4.78, 5) is 11.7. The maximum absolute atomic E-state index is 11.7. The van der Waals surface area contributed by atoms with Crippen molar-refractivity contribution in [2.45, 2.75) is 20.3 Å². The third kappa shape index (κ3) is 3.66. The molecule has 0 atom stereocenters. The first-order valence-corrected chi connectivity index (χ1v) is 5.64. The molecule has 0 bridgehead atoms. The second kappa shape index (κ2) is 6.27. The third-order valence-corrected chi connectivity index (χ3v) is 2.25. The second-order valence-electron chi connectivity index (χ2n) is 3.80. The zero-order valence-corrected chi connectivity index (χ0v) is 10.2. The molecule has 0 aliphatic heterocycles. The lowest BCUT2D eigenvalue weighted by Gasteiger charge is -2.05. The number of nitrogens with one attached hydrogen (secondary N) is 2. The van der Waals surface area contributed by atoms with Crippen molar-refractivity contribution in [3.05, 3.63) is 17.5 Å². The van der Waals surface area contributed by atoms with Crippen LogP contribution in [0.2, 0.25) is 0 Å². The number of hydrogen-bond donors (Lipinski definition) is 2. The normalized spacial score (nSPS) is 10.4. The van der Waals surface area contributed by atoms with Gasteiger partial charge in [-0.15, -0.1) is 0 Å². The van der Waals surface area contributed by atoms with Crippen LogP contribution in [0.5, 0.6) is 0 Å². The molecule has 0 saturated heterocycles. The molecule has 1 aromatic heterocycles. The van der Waals surface area contributed by atoms with Crippen LogP contribution in [0.1, 0.15) is 29.5 Å². The molecule has 5 nitrogen and oxygen atoms in total. The SMILES string of the molecule is CCCNCCNC(=O)c1cc(C)nn1C. The minimum Gasteiger partial charge on any atom is -0.349 e. The Bertz CT molecular complexity index is 346. The van der Waals surface area contributed by atoms with Gasteiger partial charge >= 0.3 is 0 Å². The van der Waals surface area contributed by atoms with E-state index in [1.165, 1.54) is 0 Å². The van der Waals surface area contributed by atoms with Crippen LogP contribution in [0.25, 0.3) is 0 Å². The summed E-state index contributed by atoms with van der Waals surface area (Å²) in [5.41, 5.74) is 1.46. The van der Waals surface area contributed by atoms with E-state index in [2.05, 4.69) is 22.7 Å². The van der Waals surface area contributed by atoms with Gasteiger partial charge in [0.1, 0.15) is 5.69 Å². The van der Waals surface area contributed by atoms with Crippen LogP contribution in [-0.2, 0) is 7.05 Å². The molecule has 0 saturated carbocycles. The third-order valence-electron chi connectivity index (χ3n) is 2.25. The molecule has 0 radical (unpaired) electrons. The van der Waals surface area contributed by atoms with Gasteiger partial charge in [-0.05, 0) is 26.0 Å². The Morgan fingerprint density at radius 3 is 2.75 bits per heavy atom. The van der Waals surface area contributed by atoms with Crippen molar-refractivity contribution in [1.29, 1.82) is 0 Å². The number of carbonyl (C=O) groups is 1. The number of aromatic nitrogens is 2. The largest absolute Gasteiger partial charge is 0.349 e. The van der Waals surface area contributed by atoms with E-state index in [-0.39, 0.29) is 5.91 Å². The summed E-state index contributed by atoms with van der Waals surface area (Å²) in [6, 6.07) is 1.79. The summed E-state index contributed by atoms with van der Waals surface area (Å²) in [5, 5.41) is 10.2.